The van der Waals surface area contributed by atoms with Gasteiger partial charge in [-0.15, -0.1) is 0 Å². The van der Waals surface area contributed by atoms with Crippen LogP contribution in [0.25, 0.3) is 0 Å². The molecule has 0 fully saturated rings. The van der Waals surface area contributed by atoms with Crippen molar-refractivity contribution < 1.29 is 9.90 Å². The number of aromatic carboxylic acids is 1. The zero-order valence-electron chi connectivity index (χ0n) is 11.5. The van der Waals surface area contributed by atoms with Crippen molar-refractivity contribution in [2.24, 2.45) is 0 Å². The fourth-order valence-corrected chi connectivity index (χ4v) is 2.42. The lowest BCUT2D eigenvalue weighted by molar-refractivity contribution is 0.0696. The molecule has 0 amide bonds. The van der Waals surface area contributed by atoms with E-state index in [9.17, 15) is 4.79 Å². The molecule has 5 nitrogen and oxygen atoms in total. The van der Waals surface area contributed by atoms with Crippen molar-refractivity contribution in [1.29, 1.82) is 0 Å². The van der Waals surface area contributed by atoms with Gasteiger partial charge in [0, 0.05) is 23.6 Å². The Bertz CT molecular complexity index is 596. The summed E-state index contributed by atoms with van der Waals surface area (Å²) in [4.78, 5) is 11.1. The molecule has 0 saturated heterocycles. The highest BCUT2D eigenvalue weighted by molar-refractivity contribution is 5.89. The van der Waals surface area contributed by atoms with Crippen LogP contribution < -0.4 is 0 Å². The number of hydrogen-bond acceptors (Lipinski definition) is 2. The van der Waals surface area contributed by atoms with Crippen molar-refractivity contribution in [2.75, 3.05) is 0 Å². The molecule has 0 aliphatic carbocycles. The molecule has 0 aliphatic heterocycles. The number of carboxylic acid groups (broad SMARTS) is 1. The summed E-state index contributed by atoms with van der Waals surface area (Å²) in [5.74, 6) is -0.856. The van der Waals surface area contributed by atoms with Crippen LogP contribution in [-0.2, 0) is 13.0 Å². The van der Waals surface area contributed by atoms with Crippen LogP contribution in [0.3, 0.4) is 0 Å². The zero-order valence-corrected chi connectivity index (χ0v) is 11.5. The Labute approximate surface area is 112 Å². The van der Waals surface area contributed by atoms with E-state index in [1.165, 1.54) is 5.56 Å². The summed E-state index contributed by atoms with van der Waals surface area (Å²) in [6.45, 7) is 6.65. The Hall–Kier alpha value is -2.04. The first kappa shape index (κ1) is 13.4. The average molecular weight is 261 g/mol. The summed E-state index contributed by atoms with van der Waals surface area (Å²) >= 11 is 0. The number of H-pyrrole nitrogens is 1. The monoisotopic (exact) mass is 261 g/mol. The van der Waals surface area contributed by atoms with Crippen LogP contribution in [0, 0.1) is 20.8 Å². The summed E-state index contributed by atoms with van der Waals surface area (Å²) in [5, 5.41) is 16.0. The maximum Gasteiger partial charge on any atom is 0.337 e. The molecule has 102 valence electrons. The van der Waals surface area contributed by atoms with E-state index >= 15 is 0 Å². The lowest BCUT2D eigenvalue weighted by Crippen LogP contribution is -2.05. The van der Waals surface area contributed by atoms with E-state index < -0.39 is 5.97 Å². The average Bonchev–Trinajstić information content (AvgIpc) is 2.87. The molecule has 0 aromatic carbocycles. The maximum atomic E-state index is 11.1. The Morgan fingerprint density at radius 1 is 1.42 bits per heavy atom. The molecule has 0 saturated carbocycles. The van der Waals surface area contributed by atoms with Gasteiger partial charge in [0.25, 0.3) is 0 Å². The third-order valence-corrected chi connectivity index (χ3v) is 3.57. The van der Waals surface area contributed by atoms with Gasteiger partial charge in [0.2, 0.25) is 0 Å². The maximum absolute atomic E-state index is 11.1. The summed E-state index contributed by atoms with van der Waals surface area (Å²) < 4.78 is 2.07. The highest BCUT2D eigenvalue weighted by Crippen LogP contribution is 2.16. The van der Waals surface area contributed by atoms with Gasteiger partial charge < -0.3 is 9.67 Å². The van der Waals surface area contributed by atoms with Crippen LogP contribution >= 0.6 is 0 Å². The second-order valence-corrected chi connectivity index (χ2v) is 4.87. The van der Waals surface area contributed by atoms with Crippen LogP contribution in [0.2, 0.25) is 0 Å². The van der Waals surface area contributed by atoms with Crippen molar-refractivity contribution in [2.45, 2.75) is 40.2 Å². The van der Waals surface area contributed by atoms with Crippen molar-refractivity contribution in [3.05, 3.63) is 40.5 Å². The molecule has 0 bridgehead atoms. The fraction of sp³-hybridized carbons (Fsp3) is 0.429. The van der Waals surface area contributed by atoms with Gasteiger partial charge in [-0.25, -0.2) is 4.79 Å². The standard InChI is InChI=1S/C14H19N3O2/c1-9-7-13(14(18)19)11(3)17(9)6-4-5-12-8-15-16-10(12)2/h7-8H,4-6H2,1-3H3,(H,15,16)(H,18,19). The Balaban J connectivity index is 2.04. The number of carboxylic acids is 1. The highest BCUT2D eigenvalue weighted by Gasteiger charge is 2.14. The zero-order chi connectivity index (χ0) is 14.0. The molecule has 0 radical (unpaired) electrons. The third-order valence-electron chi connectivity index (χ3n) is 3.57. The van der Waals surface area contributed by atoms with E-state index in [0.717, 1.165) is 36.5 Å². The van der Waals surface area contributed by atoms with E-state index in [1.807, 2.05) is 27.0 Å². The van der Waals surface area contributed by atoms with E-state index in [1.54, 1.807) is 6.07 Å². The Morgan fingerprint density at radius 3 is 2.68 bits per heavy atom. The molecule has 0 aliphatic rings. The molecule has 0 atom stereocenters. The van der Waals surface area contributed by atoms with Crippen LogP contribution in [0.4, 0.5) is 0 Å². The molecule has 0 unspecified atom stereocenters. The number of hydrogen-bond donors (Lipinski definition) is 2. The van der Waals surface area contributed by atoms with Crippen molar-refractivity contribution in [3.63, 3.8) is 0 Å². The summed E-state index contributed by atoms with van der Waals surface area (Å²) in [6, 6.07) is 1.74. The first-order valence-corrected chi connectivity index (χ1v) is 6.39. The molecular formula is C14H19N3O2. The molecule has 2 aromatic rings. The minimum Gasteiger partial charge on any atom is -0.478 e. The summed E-state index contributed by atoms with van der Waals surface area (Å²) in [7, 11) is 0. The molecular weight excluding hydrogens is 242 g/mol. The molecule has 19 heavy (non-hydrogen) atoms. The number of nitrogens with one attached hydrogen (secondary N) is 1. The molecule has 2 rings (SSSR count). The number of carbonyl (C=O) groups is 1. The van der Waals surface area contributed by atoms with E-state index in [0.29, 0.717) is 5.56 Å². The first-order valence-electron chi connectivity index (χ1n) is 6.39. The topological polar surface area (TPSA) is 70.9 Å². The van der Waals surface area contributed by atoms with Crippen LogP contribution in [0.1, 0.15) is 39.4 Å². The van der Waals surface area contributed by atoms with Gasteiger partial charge in [-0.05, 0) is 45.2 Å². The van der Waals surface area contributed by atoms with Gasteiger partial charge in [0.1, 0.15) is 0 Å². The smallest absolute Gasteiger partial charge is 0.337 e. The van der Waals surface area contributed by atoms with E-state index in [2.05, 4.69) is 14.8 Å². The fourth-order valence-electron chi connectivity index (χ4n) is 2.42. The van der Waals surface area contributed by atoms with Crippen LogP contribution in [-0.4, -0.2) is 25.8 Å². The van der Waals surface area contributed by atoms with Gasteiger partial charge in [-0.1, -0.05) is 0 Å². The normalized spacial score (nSPS) is 10.9. The predicted octanol–water partition coefficient (Wildman–Crippen LogP) is 2.47. The number of aryl methyl sites for hydroxylation is 3. The molecule has 2 aromatic heterocycles. The lowest BCUT2D eigenvalue weighted by Gasteiger charge is -2.09. The molecule has 2 N–H and O–H groups in total. The molecule has 5 heteroatoms. The van der Waals surface area contributed by atoms with Crippen LogP contribution in [0.15, 0.2) is 12.3 Å². The van der Waals surface area contributed by atoms with Crippen molar-refractivity contribution >= 4 is 5.97 Å². The SMILES string of the molecule is Cc1[nH]ncc1CCCn1c(C)cc(C(=O)O)c1C. The second-order valence-electron chi connectivity index (χ2n) is 4.87. The lowest BCUT2D eigenvalue weighted by atomic mass is 10.1. The quantitative estimate of drug-likeness (QED) is 0.868. The van der Waals surface area contributed by atoms with Crippen LogP contribution in [0.5, 0.6) is 0 Å². The second kappa shape index (κ2) is 5.30. The van der Waals surface area contributed by atoms with Gasteiger partial charge in [0.05, 0.1) is 11.8 Å². The number of nitrogens with zero attached hydrogens (tertiary/aromatic N) is 2. The van der Waals surface area contributed by atoms with E-state index in [4.69, 9.17) is 5.11 Å². The van der Waals surface area contributed by atoms with Crippen molar-refractivity contribution in [3.8, 4) is 0 Å². The highest BCUT2D eigenvalue weighted by atomic mass is 16.4. The number of rotatable bonds is 5. The van der Waals surface area contributed by atoms with E-state index in [-0.39, 0.29) is 0 Å². The molecule has 2 heterocycles. The van der Waals surface area contributed by atoms with Crippen molar-refractivity contribution in [1.82, 2.24) is 14.8 Å². The summed E-state index contributed by atoms with van der Waals surface area (Å²) in [6.07, 6.45) is 3.77. The number of aromatic nitrogens is 3. The third kappa shape index (κ3) is 2.70. The Morgan fingerprint density at radius 2 is 2.16 bits per heavy atom. The largest absolute Gasteiger partial charge is 0.478 e. The van der Waals surface area contributed by atoms with Gasteiger partial charge in [-0.3, -0.25) is 5.10 Å². The Kier molecular flexibility index (Phi) is 3.74. The predicted molar refractivity (Wildman–Crippen MR) is 72.5 cm³/mol. The minimum absolute atomic E-state index is 0.400. The number of aromatic amines is 1. The minimum atomic E-state index is -0.856. The summed E-state index contributed by atoms with van der Waals surface area (Å²) in [5.41, 5.74) is 4.55. The first-order chi connectivity index (χ1) is 9.00. The van der Waals surface area contributed by atoms with Gasteiger partial charge >= 0.3 is 5.97 Å². The van der Waals surface area contributed by atoms with Gasteiger partial charge in [0.15, 0.2) is 0 Å². The molecule has 0 spiro atoms. The van der Waals surface area contributed by atoms with Gasteiger partial charge in [-0.2, -0.15) is 5.10 Å².